The summed E-state index contributed by atoms with van der Waals surface area (Å²) in [5, 5.41) is 0.952. The fourth-order valence-electron chi connectivity index (χ4n) is 2.98. The number of nitrogens with zero attached hydrogens (tertiary/aromatic N) is 2. The number of hydrogen-bond donors (Lipinski definition) is 0. The van der Waals surface area contributed by atoms with Crippen LogP contribution in [0.3, 0.4) is 0 Å². The van der Waals surface area contributed by atoms with Crippen molar-refractivity contribution in [1.82, 2.24) is 9.38 Å². The Bertz CT molecular complexity index is 1430. The number of furan rings is 1. The molecule has 5 aromatic rings. The molecule has 0 unspecified atom stereocenters. The molecule has 0 saturated heterocycles. The lowest BCUT2D eigenvalue weighted by atomic mass is 10.2. The van der Waals surface area contributed by atoms with E-state index < -0.39 is 0 Å². The zero-order valence-electron chi connectivity index (χ0n) is 13.6. The number of rotatable bonds is 2. The highest BCUT2D eigenvalue weighted by Gasteiger charge is 2.11. The van der Waals surface area contributed by atoms with E-state index >= 15 is 0 Å². The highest BCUT2D eigenvalue weighted by Crippen LogP contribution is 2.29. The van der Waals surface area contributed by atoms with Gasteiger partial charge in [0.2, 0.25) is 0 Å². The Morgan fingerprint density at radius 3 is 2.74 bits per heavy atom. The third-order valence-corrected chi connectivity index (χ3v) is 5.96. The second-order valence-corrected chi connectivity index (χ2v) is 7.79. The van der Waals surface area contributed by atoms with Gasteiger partial charge in [-0.1, -0.05) is 46.7 Å². The highest BCUT2D eigenvalue weighted by molar-refractivity contribution is 7.15. The van der Waals surface area contributed by atoms with Crippen molar-refractivity contribution in [3.05, 3.63) is 85.3 Å². The number of hydrogen-bond acceptors (Lipinski definition) is 4. The van der Waals surface area contributed by atoms with E-state index in [0.717, 1.165) is 16.6 Å². The summed E-state index contributed by atoms with van der Waals surface area (Å²) in [5.41, 5.74) is 2.34. The lowest BCUT2D eigenvalue weighted by molar-refractivity contribution is 0.571. The molecule has 0 bridgehead atoms. The molecular formula is C20H10Cl2N2O2S. The van der Waals surface area contributed by atoms with Crippen LogP contribution < -0.4 is 10.1 Å². The zero-order valence-corrected chi connectivity index (χ0v) is 16.0. The number of benzene rings is 2. The third kappa shape index (κ3) is 2.75. The summed E-state index contributed by atoms with van der Waals surface area (Å²) in [6.07, 6.45) is 1.73. The molecule has 2 aromatic carbocycles. The maximum Gasteiger partial charge on any atom is 0.275 e. The molecule has 0 N–H and O–H groups in total. The van der Waals surface area contributed by atoms with Gasteiger partial charge < -0.3 is 4.42 Å². The number of para-hydroxylation sites is 2. The van der Waals surface area contributed by atoms with E-state index in [1.165, 1.54) is 11.3 Å². The average molecular weight is 413 g/mol. The van der Waals surface area contributed by atoms with Gasteiger partial charge in [-0.2, -0.15) is 0 Å². The molecule has 0 aliphatic carbocycles. The minimum absolute atomic E-state index is 0.101. The van der Waals surface area contributed by atoms with Crippen molar-refractivity contribution in [1.29, 1.82) is 0 Å². The first kappa shape index (κ1) is 16.6. The van der Waals surface area contributed by atoms with Gasteiger partial charge in [0.15, 0.2) is 4.96 Å². The number of halogens is 2. The maximum atomic E-state index is 12.8. The number of imidazole rings is 1. The van der Waals surface area contributed by atoms with Gasteiger partial charge in [0.05, 0.1) is 21.1 Å². The van der Waals surface area contributed by atoms with E-state index in [9.17, 15) is 4.79 Å². The van der Waals surface area contributed by atoms with Crippen molar-refractivity contribution < 1.29 is 4.42 Å². The van der Waals surface area contributed by atoms with Gasteiger partial charge in [0.1, 0.15) is 16.1 Å². The molecule has 132 valence electrons. The zero-order chi connectivity index (χ0) is 18.5. The Labute approximate surface area is 166 Å². The summed E-state index contributed by atoms with van der Waals surface area (Å²) in [6, 6.07) is 16.5. The molecule has 5 rings (SSSR count). The van der Waals surface area contributed by atoms with Crippen LogP contribution in [0.25, 0.3) is 33.4 Å². The summed E-state index contributed by atoms with van der Waals surface area (Å²) in [4.78, 5) is 18.0. The normalized spacial score (nSPS) is 12.4. The van der Waals surface area contributed by atoms with Gasteiger partial charge in [-0.05, 0) is 42.5 Å². The van der Waals surface area contributed by atoms with Crippen LogP contribution in [0.4, 0.5) is 0 Å². The van der Waals surface area contributed by atoms with Gasteiger partial charge in [-0.25, -0.2) is 9.38 Å². The predicted molar refractivity (Wildman–Crippen MR) is 110 cm³/mol. The van der Waals surface area contributed by atoms with Crippen LogP contribution in [0.2, 0.25) is 10.0 Å². The van der Waals surface area contributed by atoms with Crippen molar-refractivity contribution in [3.8, 4) is 11.3 Å². The second-order valence-electron chi connectivity index (χ2n) is 5.97. The van der Waals surface area contributed by atoms with E-state index in [-0.39, 0.29) is 5.56 Å². The van der Waals surface area contributed by atoms with Gasteiger partial charge in [-0.15, -0.1) is 0 Å². The average Bonchev–Trinajstić information content (AvgIpc) is 3.34. The second kappa shape index (κ2) is 6.23. The smallest absolute Gasteiger partial charge is 0.275 e. The van der Waals surface area contributed by atoms with Gasteiger partial charge >= 0.3 is 0 Å². The summed E-state index contributed by atoms with van der Waals surface area (Å²) >= 11 is 13.4. The van der Waals surface area contributed by atoms with Crippen molar-refractivity contribution in [3.63, 3.8) is 0 Å². The Morgan fingerprint density at radius 1 is 1.04 bits per heavy atom. The monoisotopic (exact) mass is 412 g/mol. The Hall–Kier alpha value is -2.60. The van der Waals surface area contributed by atoms with Crippen molar-refractivity contribution >= 4 is 56.6 Å². The summed E-state index contributed by atoms with van der Waals surface area (Å²) in [7, 11) is 0. The van der Waals surface area contributed by atoms with E-state index in [1.807, 2.05) is 42.5 Å². The van der Waals surface area contributed by atoms with Gasteiger partial charge in [0, 0.05) is 11.6 Å². The molecule has 0 atom stereocenters. The van der Waals surface area contributed by atoms with Gasteiger partial charge in [-0.3, -0.25) is 4.79 Å². The van der Waals surface area contributed by atoms with Crippen LogP contribution in [0, 0.1) is 0 Å². The first-order chi connectivity index (χ1) is 13.1. The topological polar surface area (TPSA) is 47.5 Å². The van der Waals surface area contributed by atoms with Gasteiger partial charge in [0.25, 0.3) is 5.56 Å². The lowest BCUT2D eigenvalue weighted by Gasteiger charge is -1.99. The molecular weight excluding hydrogens is 403 g/mol. The van der Waals surface area contributed by atoms with Crippen molar-refractivity contribution in [2.75, 3.05) is 0 Å². The third-order valence-electron chi connectivity index (χ3n) is 4.25. The first-order valence-electron chi connectivity index (χ1n) is 8.07. The van der Waals surface area contributed by atoms with Crippen LogP contribution in [0.1, 0.15) is 5.76 Å². The minimum Gasteiger partial charge on any atom is -0.457 e. The van der Waals surface area contributed by atoms with Crippen molar-refractivity contribution in [2.24, 2.45) is 0 Å². The molecule has 0 saturated carbocycles. The fourth-order valence-corrected chi connectivity index (χ4v) is 4.24. The molecule has 3 aromatic heterocycles. The van der Waals surface area contributed by atoms with E-state index in [1.54, 1.807) is 22.6 Å². The molecule has 0 amide bonds. The van der Waals surface area contributed by atoms with Crippen LogP contribution >= 0.6 is 34.5 Å². The highest BCUT2D eigenvalue weighted by atomic mass is 35.5. The fraction of sp³-hybridized carbons (Fsp3) is 0. The molecule has 3 heterocycles. The van der Waals surface area contributed by atoms with Crippen LogP contribution in [-0.4, -0.2) is 9.38 Å². The van der Waals surface area contributed by atoms with Crippen molar-refractivity contribution in [2.45, 2.75) is 0 Å². The standard InChI is InChI=1S/C20H10Cl2N2O2S/c21-13-7-5-11(9-14(13)22)17-8-6-12(26-17)10-18-19(25)24-16-4-2-1-3-15(16)23-20(24)27-18/h1-10H/b18-10+. The Balaban J connectivity index is 1.61. The number of thiazole rings is 1. The molecule has 27 heavy (non-hydrogen) atoms. The summed E-state index contributed by atoms with van der Waals surface area (Å²) < 4.78 is 8.07. The minimum atomic E-state index is -0.101. The van der Waals surface area contributed by atoms with E-state index in [0.29, 0.717) is 31.1 Å². The predicted octanol–water partition coefficient (Wildman–Crippen LogP) is 5.02. The molecule has 0 fully saturated rings. The largest absolute Gasteiger partial charge is 0.457 e. The first-order valence-corrected chi connectivity index (χ1v) is 9.64. The summed E-state index contributed by atoms with van der Waals surface area (Å²) in [5.74, 6) is 1.24. The molecule has 0 aliphatic rings. The number of fused-ring (bicyclic) bond motifs is 3. The van der Waals surface area contributed by atoms with Crippen LogP contribution in [0.5, 0.6) is 0 Å². The molecule has 4 nitrogen and oxygen atoms in total. The summed E-state index contributed by atoms with van der Waals surface area (Å²) in [6.45, 7) is 0. The number of aromatic nitrogens is 2. The molecule has 0 radical (unpaired) electrons. The Kier molecular flexibility index (Phi) is 3.82. The van der Waals surface area contributed by atoms with Crippen LogP contribution in [-0.2, 0) is 0 Å². The quantitative estimate of drug-likeness (QED) is 0.408. The molecule has 0 spiro atoms. The Morgan fingerprint density at radius 2 is 1.89 bits per heavy atom. The van der Waals surface area contributed by atoms with Crippen LogP contribution in [0.15, 0.2) is 63.8 Å². The maximum absolute atomic E-state index is 12.8. The van der Waals surface area contributed by atoms with E-state index in [4.69, 9.17) is 27.6 Å². The molecule has 0 aliphatic heterocycles. The molecule has 7 heteroatoms. The van der Waals surface area contributed by atoms with E-state index in [2.05, 4.69) is 4.98 Å². The SMILES string of the molecule is O=c1/c(=C\c2ccc(-c3ccc(Cl)c(Cl)c3)o2)sc2nc3ccccc3n12. The lowest BCUT2D eigenvalue weighted by Crippen LogP contribution is -2.22.